The van der Waals surface area contributed by atoms with E-state index in [1.54, 1.807) is 0 Å². The largest absolute Gasteiger partial charge is 0.418 e. The predicted molar refractivity (Wildman–Crippen MR) is 60.2 cm³/mol. The molecule has 0 radical (unpaired) electrons. The highest BCUT2D eigenvalue weighted by Gasteiger charge is 2.50. The highest BCUT2D eigenvalue weighted by Crippen LogP contribution is 2.31. The third-order valence-corrected chi connectivity index (χ3v) is 3.23. The van der Waals surface area contributed by atoms with Crippen molar-refractivity contribution < 1.29 is 31.4 Å². The van der Waals surface area contributed by atoms with Crippen LogP contribution < -0.4 is 0 Å². The molecule has 0 bridgehead atoms. The molecule has 1 rings (SSSR count). The van der Waals surface area contributed by atoms with Gasteiger partial charge in [-0.3, -0.25) is 9.80 Å². The Bertz CT molecular complexity index is 315. The number of nitrogens with zero attached hydrogens (tertiary/aromatic N) is 2. The lowest BCUT2D eigenvalue weighted by atomic mass is 10.1. The molecule has 0 unspecified atom stereocenters. The number of β-amino-alcohol motifs (C(OH)–C–C–N with tert-alkyl or cyclic N) is 1. The first-order valence-electron chi connectivity index (χ1n) is 6.21. The van der Waals surface area contributed by atoms with Crippen LogP contribution in [0.1, 0.15) is 13.3 Å². The van der Waals surface area contributed by atoms with Crippen LogP contribution in [0.15, 0.2) is 0 Å². The smallest absolute Gasteiger partial charge is 0.380 e. The van der Waals surface area contributed by atoms with E-state index in [9.17, 15) is 31.4 Å². The van der Waals surface area contributed by atoms with Crippen molar-refractivity contribution in [3.8, 4) is 0 Å². The lowest BCUT2D eigenvalue weighted by Crippen LogP contribution is -2.52. The fourth-order valence-corrected chi connectivity index (χ4v) is 2.12. The minimum Gasteiger partial charge on any atom is -0.380 e. The van der Waals surface area contributed by atoms with Crippen LogP contribution in [-0.4, -0.2) is 72.1 Å². The van der Waals surface area contributed by atoms with Crippen LogP contribution in [0, 0.1) is 0 Å². The Morgan fingerprint density at radius 2 is 1.30 bits per heavy atom. The minimum absolute atomic E-state index is 0.0352. The number of aliphatic hydroxyl groups is 1. The van der Waals surface area contributed by atoms with Crippen molar-refractivity contribution in [1.82, 2.24) is 9.80 Å². The topological polar surface area (TPSA) is 26.7 Å². The Hall–Kier alpha value is -0.540. The lowest BCUT2D eigenvalue weighted by Gasteiger charge is -2.32. The molecular formula is C11H18F6N2O. The van der Waals surface area contributed by atoms with Gasteiger partial charge in [0.25, 0.3) is 0 Å². The monoisotopic (exact) mass is 308 g/mol. The summed E-state index contributed by atoms with van der Waals surface area (Å²) in [6.45, 7) is -0.487. The van der Waals surface area contributed by atoms with Gasteiger partial charge < -0.3 is 5.11 Å². The highest BCUT2D eigenvalue weighted by atomic mass is 19.4. The van der Waals surface area contributed by atoms with Gasteiger partial charge in [-0.15, -0.1) is 0 Å². The van der Waals surface area contributed by atoms with Gasteiger partial charge in [0.15, 0.2) is 5.60 Å². The molecule has 1 N–H and O–H groups in total. The van der Waals surface area contributed by atoms with Crippen molar-refractivity contribution in [3.63, 3.8) is 0 Å². The van der Waals surface area contributed by atoms with Gasteiger partial charge in [0.1, 0.15) is 0 Å². The van der Waals surface area contributed by atoms with Crippen molar-refractivity contribution in [3.05, 3.63) is 0 Å². The Labute approximate surface area is 113 Å². The molecule has 0 spiro atoms. The maximum atomic E-state index is 12.6. The van der Waals surface area contributed by atoms with E-state index < -0.39 is 31.0 Å². The Morgan fingerprint density at radius 1 is 0.850 bits per heavy atom. The standard InChI is InChI=1S/C11H18F6N2O/c1-9(20,11(15,16)17)7-18-3-2-4-19(6-5-18)8-10(12,13)14/h20H,2-8H2,1H3/t9-/m1/s1. The second kappa shape index (κ2) is 6.07. The molecule has 0 aromatic rings. The minimum atomic E-state index is -4.76. The maximum absolute atomic E-state index is 12.6. The summed E-state index contributed by atoms with van der Waals surface area (Å²) in [5, 5.41) is 9.39. The molecule has 9 heteroatoms. The van der Waals surface area contributed by atoms with Gasteiger partial charge in [-0.25, -0.2) is 0 Å². The average molecular weight is 308 g/mol. The van der Waals surface area contributed by atoms with E-state index in [1.807, 2.05) is 0 Å². The third kappa shape index (κ3) is 5.45. The maximum Gasteiger partial charge on any atom is 0.418 e. The lowest BCUT2D eigenvalue weighted by molar-refractivity contribution is -0.257. The number of alkyl halides is 6. The van der Waals surface area contributed by atoms with E-state index in [1.165, 1.54) is 9.80 Å². The van der Waals surface area contributed by atoms with Gasteiger partial charge in [-0.1, -0.05) is 0 Å². The molecule has 0 saturated carbocycles. The first-order valence-corrected chi connectivity index (χ1v) is 6.21. The number of halogens is 6. The zero-order chi connectivity index (χ0) is 15.6. The summed E-state index contributed by atoms with van der Waals surface area (Å²) >= 11 is 0. The summed E-state index contributed by atoms with van der Waals surface area (Å²) in [4.78, 5) is 2.52. The van der Waals surface area contributed by atoms with Gasteiger partial charge in [0.2, 0.25) is 0 Å². The van der Waals surface area contributed by atoms with Crippen LogP contribution in [-0.2, 0) is 0 Å². The van der Waals surface area contributed by atoms with Gasteiger partial charge in [-0.2, -0.15) is 26.3 Å². The van der Waals surface area contributed by atoms with Crippen molar-refractivity contribution in [1.29, 1.82) is 0 Å². The van der Waals surface area contributed by atoms with Crippen molar-refractivity contribution in [2.45, 2.75) is 31.3 Å². The Morgan fingerprint density at radius 3 is 1.70 bits per heavy atom. The van der Waals surface area contributed by atoms with Crippen LogP contribution in [0.2, 0.25) is 0 Å². The average Bonchev–Trinajstić information content (AvgIpc) is 2.39. The molecular weight excluding hydrogens is 290 g/mol. The zero-order valence-electron chi connectivity index (χ0n) is 11.1. The Balaban J connectivity index is 2.53. The van der Waals surface area contributed by atoms with Crippen LogP contribution in [0.4, 0.5) is 26.3 Å². The molecule has 0 aromatic heterocycles. The molecule has 20 heavy (non-hydrogen) atoms. The molecule has 1 heterocycles. The van der Waals surface area contributed by atoms with Gasteiger partial charge >= 0.3 is 12.4 Å². The molecule has 3 nitrogen and oxygen atoms in total. The van der Waals surface area contributed by atoms with Gasteiger partial charge in [-0.05, 0) is 26.4 Å². The third-order valence-electron chi connectivity index (χ3n) is 3.23. The molecule has 120 valence electrons. The molecule has 1 fully saturated rings. The fourth-order valence-electron chi connectivity index (χ4n) is 2.12. The Kier molecular flexibility index (Phi) is 5.31. The zero-order valence-corrected chi connectivity index (χ0v) is 11.1. The second-order valence-electron chi connectivity index (χ2n) is 5.29. The molecule has 0 aromatic carbocycles. The molecule has 1 aliphatic rings. The van der Waals surface area contributed by atoms with E-state index in [2.05, 4.69) is 0 Å². The van der Waals surface area contributed by atoms with Crippen LogP contribution >= 0.6 is 0 Å². The summed E-state index contributed by atoms with van der Waals surface area (Å²) in [6.07, 6.45) is -8.73. The van der Waals surface area contributed by atoms with Crippen molar-refractivity contribution >= 4 is 0 Å². The summed E-state index contributed by atoms with van der Waals surface area (Å²) in [5.74, 6) is 0. The highest BCUT2D eigenvalue weighted by molar-refractivity contribution is 4.86. The molecule has 0 amide bonds. The molecule has 1 atom stereocenters. The van der Waals surface area contributed by atoms with Crippen molar-refractivity contribution in [2.75, 3.05) is 39.3 Å². The fraction of sp³-hybridized carbons (Fsp3) is 1.00. The van der Waals surface area contributed by atoms with Crippen LogP contribution in [0.3, 0.4) is 0 Å². The molecule has 1 saturated heterocycles. The molecule has 0 aliphatic carbocycles. The van der Waals surface area contributed by atoms with E-state index in [0.717, 1.165) is 0 Å². The normalized spacial score (nSPS) is 23.4. The van der Waals surface area contributed by atoms with Crippen LogP contribution in [0.5, 0.6) is 0 Å². The quantitative estimate of drug-likeness (QED) is 0.806. The summed E-state index contributed by atoms with van der Waals surface area (Å²) in [7, 11) is 0. The first kappa shape index (κ1) is 17.5. The summed E-state index contributed by atoms with van der Waals surface area (Å²) < 4.78 is 74.4. The van der Waals surface area contributed by atoms with E-state index in [-0.39, 0.29) is 26.2 Å². The number of hydrogen-bond acceptors (Lipinski definition) is 3. The first-order chi connectivity index (χ1) is 8.91. The summed E-state index contributed by atoms with van der Waals surface area (Å²) in [5.41, 5.74) is -2.85. The number of hydrogen-bond donors (Lipinski definition) is 1. The predicted octanol–water partition coefficient (Wildman–Crippen LogP) is 1.87. The summed E-state index contributed by atoms with van der Waals surface area (Å²) in [6, 6.07) is 0. The van der Waals surface area contributed by atoms with Gasteiger partial charge in [0.05, 0.1) is 6.54 Å². The van der Waals surface area contributed by atoms with Gasteiger partial charge in [0, 0.05) is 19.6 Å². The SMILES string of the molecule is C[C@@](O)(CN1CCCN(CC(F)(F)F)CC1)C(F)(F)F. The number of rotatable bonds is 3. The second-order valence-corrected chi connectivity index (χ2v) is 5.29. The molecule has 1 aliphatic heterocycles. The van der Waals surface area contributed by atoms with E-state index in [0.29, 0.717) is 13.3 Å². The van der Waals surface area contributed by atoms with E-state index >= 15 is 0 Å². The van der Waals surface area contributed by atoms with Crippen molar-refractivity contribution in [2.24, 2.45) is 0 Å². The van der Waals surface area contributed by atoms with E-state index in [4.69, 9.17) is 0 Å². The van der Waals surface area contributed by atoms with Crippen LogP contribution in [0.25, 0.3) is 0 Å².